The molecule has 0 amide bonds. The molecule has 2 nitrogen and oxygen atoms in total. The normalized spacial score (nSPS) is 20.1. The van der Waals surface area contributed by atoms with E-state index in [4.69, 9.17) is 9.47 Å². The third-order valence-electron chi connectivity index (χ3n) is 6.31. The zero-order valence-electron chi connectivity index (χ0n) is 17.5. The highest BCUT2D eigenvalue weighted by atomic mass is 19.1. The van der Waals surface area contributed by atoms with E-state index >= 15 is 0 Å². The third kappa shape index (κ3) is 4.76. The molecule has 0 fully saturated rings. The van der Waals surface area contributed by atoms with Crippen molar-refractivity contribution in [1.82, 2.24) is 0 Å². The molecule has 2 aromatic carbocycles. The lowest BCUT2D eigenvalue weighted by Crippen LogP contribution is -2.23. The van der Waals surface area contributed by atoms with Crippen LogP contribution in [0.3, 0.4) is 0 Å². The summed E-state index contributed by atoms with van der Waals surface area (Å²) in [4.78, 5) is 0. The van der Waals surface area contributed by atoms with Crippen molar-refractivity contribution in [2.75, 3.05) is 13.2 Å². The topological polar surface area (TPSA) is 18.5 Å². The van der Waals surface area contributed by atoms with Gasteiger partial charge in [0.05, 0.1) is 13.2 Å². The van der Waals surface area contributed by atoms with E-state index in [1.165, 1.54) is 25.3 Å². The standard InChI is InChI=1S/C25H29F3O2/c1-2-3-4-5-16-8-19-11-22(27)18(12-24(19)29-14-16)7-6-17-9-20-10-21(26)13-23(28)25(20)30-15-17/h10-13,16-17H,2-9,14-15H2,1H3. The molecule has 2 aromatic rings. The quantitative estimate of drug-likeness (QED) is 0.483. The molecule has 2 unspecified atom stereocenters. The summed E-state index contributed by atoms with van der Waals surface area (Å²) in [5, 5.41) is 0. The Morgan fingerprint density at radius 3 is 2.43 bits per heavy atom. The number of hydrogen-bond donors (Lipinski definition) is 0. The van der Waals surface area contributed by atoms with Gasteiger partial charge in [-0.1, -0.05) is 26.2 Å². The number of unbranched alkanes of at least 4 members (excludes halogenated alkanes) is 2. The van der Waals surface area contributed by atoms with Crippen molar-refractivity contribution in [3.05, 3.63) is 58.4 Å². The SMILES string of the molecule is CCCCCC1COc2cc(CCC3COc4c(F)cc(F)cc4C3)c(F)cc2C1. The average molecular weight is 418 g/mol. The van der Waals surface area contributed by atoms with Gasteiger partial charge in [0.25, 0.3) is 0 Å². The van der Waals surface area contributed by atoms with Gasteiger partial charge >= 0.3 is 0 Å². The van der Waals surface area contributed by atoms with Gasteiger partial charge in [-0.05, 0) is 73.3 Å². The second-order valence-corrected chi connectivity index (χ2v) is 8.72. The van der Waals surface area contributed by atoms with Crippen LogP contribution in [-0.2, 0) is 19.3 Å². The molecule has 0 saturated heterocycles. The van der Waals surface area contributed by atoms with Crippen molar-refractivity contribution in [2.45, 2.75) is 58.3 Å². The molecule has 2 atom stereocenters. The Labute approximate surface area is 176 Å². The lowest BCUT2D eigenvalue weighted by atomic mass is 9.89. The lowest BCUT2D eigenvalue weighted by Gasteiger charge is -2.27. The van der Waals surface area contributed by atoms with Crippen molar-refractivity contribution < 1.29 is 22.6 Å². The summed E-state index contributed by atoms with van der Waals surface area (Å²) < 4.78 is 53.5. The molecule has 0 spiro atoms. The maximum Gasteiger partial charge on any atom is 0.168 e. The van der Waals surface area contributed by atoms with Gasteiger partial charge < -0.3 is 9.47 Å². The Hall–Kier alpha value is -2.17. The van der Waals surface area contributed by atoms with Crippen LogP contribution in [0.5, 0.6) is 11.5 Å². The molecule has 4 rings (SSSR count). The molecule has 162 valence electrons. The van der Waals surface area contributed by atoms with E-state index in [0.717, 1.165) is 30.2 Å². The van der Waals surface area contributed by atoms with E-state index in [2.05, 4.69) is 6.92 Å². The minimum Gasteiger partial charge on any atom is -0.493 e. The van der Waals surface area contributed by atoms with Gasteiger partial charge in [0.15, 0.2) is 11.6 Å². The first-order valence-electron chi connectivity index (χ1n) is 11.1. The molecule has 2 aliphatic rings. The first kappa shape index (κ1) is 21.1. The Balaban J connectivity index is 1.37. The van der Waals surface area contributed by atoms with Crippen LogP contribution in [0, 0.1) is 29.3 Å². The van der Waals surface area contributed by atoms with Crippen molar-refractivity contribution in [3.8, 4) is 11.5 Å². The molecular weight excluding hydrogens is 389 g/mol. The zero-order valence-corrected chi connectivity index (χ0v) is 17.5. The molecule has 2 aliphatic heterocycles. The maximum atomic E-state index is 14.7. The monoisotopic (exact) mass is 418 g/mol. The Kier molecular flexibility index (Phi) is 6.55. The minimum atomic E-state index is -0.658. The van der Waals surface area contributed by atoms with Crippen molar-refractivity contribution in [2.24, 2.45) is 11.8 Å². The summed E-state index contributed by atoms with van der Waals surface area (Å²) in [6.07, 6.45) is 7.39. The zero-order chi connectivity index (χ0) is 21.1. The van der Waals surface area contributed by atoms with Gasteiger partial charge in [-0.15, -0.1) is 0 Å². The van der Waals surface area contributed by atoms with E-state index in [-0.39, 0.29) is 17.5 Å². The summed E-state index contributed by atoms with van der Waals surface area (Å²) in [6.45, 7) is 3.25. The van der Waals surface area contributed by atoms with Gasteiger partial charge in [0.2, 0.25) is 0 Å². The molecule has 0 saturated carbocycles. The molecule has 0 bridgehead atoms. The summed E-state index contributed by atoms with van der Waals surface area (Å²) >= 11 is 0. The van der Waals surface area contributed by atoms with E-state index in [1.54, 1.807) is 6.07 Å². The van der Waals surface area contributed by atoms with Crippen LogP contribution in [0.4, 0.5) is 13.2 Å². The first-order chi connectivity index (χ1) is 14.5. The van der Waals surface area contributed by atoms with Crippen LogP contribution in [-0.4, -0.2) is 13.2 Å². The van der Waals surface area contributed by atoms with Crippen molar-refractivity contribution >= 4 is 0 Å². The average Bonchev–Trinajstić information content (AvgIpc) is 2.72. The molecule has 0 aromatic heterocycles. The fraction of sp³-hybridized carbons (Fsp3) is 0.520. The second kappa shape index (κ2) is 9.32. The number of ether oxygens (including phenoxy) is 2. The number of benzene rings is 2. The first-order valence-corrected chi connectivity index (χ1v) is 11.1. The van der Waals surface area contributed by atoms with E-state index in [1.807, 2.05) is 6.07 Å². The predicted octanol–water partition coefficient (Wildman–Crippen LogP) is 6.42. The number of hydrogen-bond acceptors (Lipinski definition) is 2. The van der Waals surface area contributed by atoms with E-state index in [9.17, 15) is 13.2 Å². The van der Waals surface area contributed by atoms with Crippen LogP contribution in [0.15, 0.2) is 24.3 Å². The highest BCUT2D eigenvalue weighted by Gasteiger charge is 2.25. The Morgan fingerprint density at radius 1 is 0.833 bits per heavy atom. The van der Waals surface area contributed by atoms with Gasteiger partial charge in [0, 0.05) is 11.6 Å². The largest absolute Gasteiger partial charge is 0.493 e. The summed E-state index contributed by atoms with van der Waals surface area (Å²) in [5.74, 6) is 0.0612. The van der Waals surface area contributed by atoms with Crippen LogP contribution in [0.25, 0.3) is 0 Å². The van der Waals surface area contributed by atoms with Gasteiger partial charge in [0.1, 0.15) is 17.4 Å². The molecular formula is C25H29F3O2. The minimum absolute atomic E-state index is 0.0954. The molecule has 30 heavy (non-hydrogen) atoms. The van der Waals surface area contributed by atoms with Gasteiger partial charge in [-0.3, -0.25) is 0 Å². The smallest absolute Gasteiger partial charge is 0.168 e. The third-order valence-corrected chi connectivity index (χ3v) is 6.31. The fourth-order valence-electron chi connectivity index (χ4n) is 4.61. The Morgan fingerprint density at radius 2 is 1.60 bits per heavy atom. The molecule has 5 heteroatoms. The summed E-state index contributed by atoms with van der Waals surface area (Å²) in [6, 6.07) is 5.64. The van der Waals surface area contributed by atoms with Gasteiger partial charge in [-0.25, -0.2) is 13.2 Å². The highest BCUT2D eigenvalue weighted by molar-refractivity contribution is 5.40. The van der Waals surface area contributed by atoms with Crippen LogP contribution in [0.2, 0.25) is 0 Å². The van der Waals surface area contributed by atoms with Gasteiger partial charge in [-0.2, -0.15) is 0 Å². The van der Waals surface area contributed by atoms with Crippen LogP contribution in [0.1, 0.15) is 55.7 Å². The second-order valence-electron chi connectivity index (χ2n) is 8.72. The predicted molar refractivity (Wildman–Crippen MR) is 111 cm³/mol. The van der Waals surface area contributed by atoms with E-state index < -0.39 is 11.6 Å². The van der Waals surface area contributed by atoms with E-state index in [0.29, 0.717) is 49.5 Å². The summed E-state index contributed by atoms with van der Waals surface area (Å²) in [5.41, 5.74) is 2.14. The molecule has 2 heterocycles. The Bertz CT molecular complexity index is 896. The van der Waals surface area contributed by atoms with Crippen LogP contribution < -0.4 is 9.47 Å². The van der Waals surface area contributed by atoms with Crippen molar-refractivity contribution in [1.29, 1.82) is 0 Å². The number of aryl methyl sites for hydroxylation is 1. The van der Waals surface area contributed by atoms with Crippen LogP contribution >= 0.6 is 0 Å². The fourth-order valence-corrected chi connectivity index (χ4v) is 4.61. The van der Waals surface area contributed by atoms with Crippen molar-refractivity contribution in [3.63, 3.8) is 0 Å². The molecule has 0 radical (unpaired) electrons. The molecule has 0 aliphatic carbocycles. The number of rotatable bonds is 7. The number of halogens is 3. The molecule has 0 N–H and O–H groups in total. The highest BCUT2D eigenvalue weighted by Crippen LogP contribution is 2.35. The number of fused-ring (bicyclic) bond motifs is 2. The lowest BCUT2D eigenvalue weighted by molar-refractivity contribution is 0.203. The maximum absolute atomic E-state index is 14.7. The summed E-state index contributed by atoms with van der Waals surface area (Å²) in [7, 11) is 0.